The third-order valence-electron chi connectivity index (χ3n) is 5.25. The van der Waals surface area contributed by atoms with E-state index in [1.54, 1.807) is 11.3 Å². The zero-order valence-corrected chi connectivity index (χ0v) is 18.4. The number of fused-ring (bicyclic) bond motifs is 1. The van der Waals surface area contributed by atoms with E-state index in [2.05, 4.69) is 21.6 Å². The smallest absolute Gasteiger partial charge is 0.233 e. The maximum Gasteiger partial charge on any atom is 0.233 e. The van der Waals surface area contributed by atoms with Crippen LogP contribution in [-0.2, 0) is 17.8 Å². The van der Waals surface area contributed by atoms with Crippen LogP contribution in [0.3, 0.4) is 0 Å². The van der Waals surface area contributed by atoms with Crippen molar-refractivity contribution in [3.05, 3.63) is 82.6 Å². The molecule has 0 N–H and O–H groups in total. The van der Waals surface area contributed by atoms with Crippen LogP contribution in [0.1, 0.15) is 10.4 Å². The third kappa shape index (κ3) is 4.38. The average molecular weight is 445 g/mol. The Hall–Kier alpha value is -3.03. The Bertz CT molecular complexity index is 1190. The molecule has 4 aromatic rings. The lowest BCUT2D eigenvalue weighted by atomic mass is 10.0. The topological polar surface area (TPSA) is 59.0 Å². The van der Waals surface area contributed by atoms with E-state index in [0.717, 1.165) is 35.5 Å². The van der Waals surface area contributed by atoms with Crippen molar-refractivity contribution in [2.75, 3.05) is 12.3 Å². The molecule has 0 saturated carbocycles. The molecular formula is C24H20N4OS2. The fourth-order valence-corrected chi connectivity index (χ4v) is 5.22. The molecule has 3 heterocycles. The summed E-state index contributed by atoms with van der Waals surface area (Å²) in [4.78, 5) is 20.9. The van der Waals surface area contributed by atoms with Gasteiger partial charge in [0.1, 0.15) is 11.4 Å². The monoisotopic (exact) mass is 444 g/mol. The number of nitrogens with zero attached hydrogens (tertiary/aromatic N) is 4. The second kappa shape index (κ2) is 8.99. The van der Waals surface area contributed by atoms with Crippen LogP contribution in [0.25, 0.3) is 22.5 Å². The van der Waals surface area contributed by atoms with Gasteiger partial charge in [-0.05, 0) is 23.4 Å². The van der Waals surface area contributed by atoms with Crippen LogP contribution in [0.15, 0.2) is 77.3 Å². The SMILES string of the molecule is O=C(CSc1nnc(-c2ccccc2)c(-c2ccccc2)n1)N1CCc2sccc2C1. The molecule has 0 spiro atoms. The Balaban J connectivity index is 1.36. The van der Waals surface area contributed by atoms with E-state index in [0.29, 0.717) is 17.5 Å². The average Bonchev–Trinajstić information content (AvgIpc) is 3.31. The first kappa shape index (κ1) is 19.9. The number of thioether (sulfide) groups is 1. The standard InChI is InChI=1S/C24H20N4OS2/c29-21(28-13-11-20-19(15-28)12-14-30-20)16-31-24-25-22(17-7-3-1-4-8-17)23(26-27-24)18-9-5-2-6-10-18/h1-10,12,14H,11,13,15-16H2. The minimum Gasteiger partial charge on any atom is -0.337 e. The highest BCUT2D eigenvalue weighted by Crippen LogP contribution is 2.30. The fourth-order valence-electron chi connectivity index (χ4n) is 3.64. The molecule has 0 radical (unpaired) electrons. The summed E-state index contributed by atoms with van der Waals surface area (Å²) in [6, 6.07) is 22.0. The van der Waals surface area contributed by atoms with Gasteiger partial charge in [-0.25, -0.2) is 4.98 Å². The molecule has 5 rings (SSSR count). The number of rotatable bonds is 5. The van der Waals surface area contributed by atoms with E-state index >= 15 is 0 Å². The van der Waals surface area contributed by atoms with Gasteiger partial charge in [-0.15, -0.1) is 21.5 Å². The molecule has 0 aliphatic carbocycles. The van der Waals surface area contributed by atoms with Crippen molar-refractivity contribution in [3.8, 4) is 22.5 Å². The number of amides is 1. The molecule has 1 aliphatic heterocycles. The van der Waals surface area contributed by atoms with Gasteiger partial charge in [-0.3, -0.25) is 4.79 Å². The van der Waals surface area contributed by atoms with Crippen LogP contribution in [0.2, 0.25) is 0 Å². The van der Waals surface area contributed by atoms with Gasteiger partial charge in [0.2, 0.25) is 11.1 Å². The number of thiophene rings is 1. The highest BCUT2D eigenvalue weighted by molar-refractivity contribution is 7.99. The van der Waals surface area contributed by atoms with Crippen LogP contribution >= 0.6 is 23.1 Å². The van der Waals surface area contributed by atoms with E-state index in [4.69, 9.17) is 4.98 Å². The molecule has 154 valence electrons. The summed E-state index contributed by atoms with van der Waals surface area (Å²) >= 11 is 3.12. The van der Waals surface area contributed by atoms with Crippen molar-refractivity contribution < 1.29 is 4.79 Å². The molecule has 5 nitrogen and oxygen atoms in total. The Morgan fingerprint density at radius 3 is 2.39 bits per heavy atom. The van der Waals surface area contributed by atoms with Gasteiger partial charge >= 0.3 is 0 Å². The summed E-state index contributed by atoms with van der Waals surface area (Å²) in [5.74, 6) is 0.416. The number of hydrogen-bond acceptors (Lipinski definition) is 6. The summed E-state index contributed by atoms with van der Waals surface area (Å²) in [6.45, 7) is 1.47. The zero-order valence-electron chi connectivity index (χ0n) is 16.8. The fraction of sp³-hybridized carbons (Fsp3) is 0.167. The van der Waals surface area contributed by atoms with Crippen LogP contribution < -0.4 is 0 Å². The Morgan fingerprint density at radius 1 is 0.935 bits per heavy atom. The molecular weight excluding hydrogens is 424 g/mol. The first-order chi connectivity index (χ1) is 15.3. The lowest BCUT2D eigenvalue weighted by Gasteiger charge is -2.26. The number of aromatic nitrogens is 3. The summed E-state index contributed by atoms with van der Waals surface area (Å²) in [5.41, 5.74) is 4.73. The minimum atomic E-state index is 0.110. The maximum absolute atomic E-state index is 12.8. The minimum absolute atomic E-state index is 0.110. The van der Waals surface area contributed by atoms with Crippen molar-refractivity contribution in [3.63, 3.8) is 0 Å². The largest absolute Gasteiger partial charge is 0.337 e. The maximum atomic E-state index is 12.8. The van der Waals surface area contributed by atoms with Gasteiger partial charge < -0.3 is 4.90 Å². The first-order valence-corrected chi connectivity index (χ1v) is 12.0. The predicted octanol–water partition coefficient (Wildman–Crippen LogP) is 4.94. The first-order valence-electron chi connectivity index (χ1n) is 10.1. The molecule has 1 amide bonds. The summed E-state index contributed by atoms with van der Waals surface area (Å²) in [7, 11) is 0. The van der Waals surface area contributed by atoms with Crippen molar-refractivity contribution in [2.45, 2.75) is 18.1 Å². The van der Waals surface area contributed by atoms with Gasteiger partial charge in [-0.1, -0.05) is 72.4 Å². The molecule has 2 aromatic carbocycles. The second-order valence-electron chi connectivity index (χ2n) is 7.25. The summed E-state index contributed by atoms with van der Waals surface area (Å²) < 4.78 is 0. The molecule has 7 heteroatoms. The third-order valence-corrected chi connectivity index (χ3v) is 7.09. The van der Waals surface area contributed by atoms with Crippen molar-refractivity contribution in [2.24, 2.45) is 0 Å². The van der Waals surface area contributed by atoms with Gasteiger partial charge in [0.05, 0.1) is 5.75 Å². The van der Waals surface area contributed by atoms with E-state index in [9.17, 15) is 4.79 Å². The van der Waals surface area contributed by atoms with Crippen LogP contribution in [-0.4, -0.2) is 38.3 Å². The van der Waals surface area contributed by atoms with Crippen molar-refractivity contribution in [1.29, 1.82) is 0 Å². The predicted molar refractivity (Wildman–Crippen MR) is 125 cm³/mol. The molecule has 31 heavy (non-hydrogen) atoms. The molecule has 0 saturated heterocycles. The number of carbonyl (C=O) groups excluding carboxylic acids is 1. The van der Waals surface area contributed by atoms with Gasteiger partial charge in [0, 0.05) is 29.1 Å². The van der Waals surface area contributed by atoms with E-state index < -0.39 is 0 Å². The van der Waals surface area contributed by atoms with E-state index in [1.165, 1.54) is 22.2 Å². The lowest BCUT2D eigenvalue weighted by molar-refractivity contribution is -0.129. The van der Waals surface area contributed by atoms with Gasteiger partial charge in [0.15, 0.2) is 0 Å². The number of carbonyl (C=O) groups is 1. The molecule has 1 aliphatic rings. The summed E-state index contributed by atoms with van der Waals surface area (Å²) in [5, 5.41) is 11.4. The quantitative estimate of drug-likeness (QED) is 0.408. The van der Waals surface area contributed by atoms with Gasteiger partial charge in [-0.2, -0.15) is 0 Å². The number of hydrogen-bond donors (Lipinski definition) is 0. The van der Waals surface area contributed by atoms with E-state index in [1.807, 2.05) is 65.6 Å². The number of benzene rings is 2. The second-order valence-corrected chi connectivity index (χ2v) is 9.19. The highest BCUT2D eigenvalue weighted by Gasteiger charge is 2.22. The lowest BCUT2D eigenvalue weighted by Crippen LogP contribution is -2.36. The van der Waals surface area contributed by atoms with Crippen LogP contribution in [0.5, 0.6) is 0 Å². The Morgan fingerprint density at radius 2 is 1.65 bits per heavy atom. The molecule has 2 aromatic heterocycles. The van der Waals surface area contributed by atoms with E-state index in [-0.39, 0.29) is 5.91 Å². The molecule has 0 atom stereocenters. The van der Waals surface area contributed by atoms with Crippen LogP contribution in [0, 0.1) is 0 Å². The van der Waals surface area contributed by atoms with Crippen molar-refractivity contribution >= 4 is 29.0 Å². The van der Waals surface area contributed by atoms with Gasteiger partial charge in [0.25, 0.3) is 0 Å². The molecule has 0 fully saturated rings. The Labute approximate surface area is 189 Å². The highest BCUT2D eigenvalue weighted by atomic mass is 32.2. The summed E-state index contributed by atoms with van der Waals surface area (Å²) in [6.07, 6.45) is 0.936. The normalized spacial score (nSPS) is 13.1. The van der Waals surface area contributed by atoms with Crippen LogP contribution in [0.4, 0.5) is 0 Å². The molecule has 0 unspecified atom stereocenters. The Kier molecular flexibility index (Phi) is 5.78. The zero-order chi connectivity index (χ0) is 21.0. The molecule has 0 bridgehead atoms. The van der Waals surface area contributed by atoms with Crippen molar-refractivity contribution in [1.82, 2.24) is 20.1 Å².